The lowest BCUT2D eigenvalue weighted by molar-refractivity contribution is 0.423. The lowest BCUT2D eigenvalue weighted by Crippen LogP contribution is -1.85. The predicted molar refractivity (Wildman–Crippen MR) is 61.4 cm³/mol. The van der Waals surface area contributed by atoms with E-state index >= 15 is 0 Å². The normalized spacial score (nSPS) is 10.7. The van der Waals surface area contributed by atoms with Crippen molar-refractivity contribution in [2.45, 2.75) is 0 Å². The van der Waals surface area contributed by atoms with Crippen LogP contribution in [0.2, 0.25) is 0 Å². The van der Waals surface area contributed by atoms with Gasteiger partial charge in [0.25, 0.3) is 5.89 Å². The van der Waals surface area contributed by atoms with Gasteiger partial charge in [-0.15, -0.1) is 0 Å². The van der Waals surface area contributed by atoms with Crippen LogP contribution in [0.5, 0.6) is 5.75 Å². The summed E-state index contributed by atoms with van der Waals surface area (Å²) in [5, 5.41) is 17.5. The Hall–Kier alpha value is -2.70. The smallest absolute Gasteiger partial charge is 0.280 e. The second-order valence-corrected chi connectivity index (χ2v) is 3.70. The number of rotatable bonds is 2. The van der Waals surface area contributed by atoms with Gasteiger partial charge in [-0.1, -0.05) is 5.16 Å². The number of nitrogens with zero attached hydrogens (tertiary/aromatic N) is 5. The molecule has 18 heavy (non-hydrogen) atoms. The summed E-state index contributed by atoms with van der Waals surface area (Å²) in [6, 6.07) is 3.13. The number of aromatic nitrogens is 5. The van der Waals surface area contributed by atoms with Crippen molar-refractivity contribution < 1.29 is 9.63 Å². The maximum Gasteiger partial charge on any atom is 0.280 e. The Morgan fingerprint density at radius 3 is 3.00 bits per heavy atom. The van der Waals surface area contributed by atoms with Crippen LogP contribution < -0.4 is 0 Å². The molecule has 7 heteroatoms. The highest BCUT2D eigenvalue weighted by Crippen LogP contribution is 2.26. The Morgan fingerprint density at radius 2 is 2.28 bits per heavy atom. The van der Waals surface area contributed by atoms with Gasteiger partial charge in [-0.3, -0.25) is 4.68 Å². The number of pyridine rings is 1. The highest BCUT2D eigenvalue weighted by molar-refractivity contribution is 5.60. The first-order chi connectivity index (χ1) is 8.74. The van der Waals surface area contributed by atoms with Crippen LogP contribution in [0.4, 0.5) is 0 Å². The molecule has 0 radical (unpaired) electrons. The zero-order valence-corrected chi connectivity index (χ0v) is 9.48. The molecule has 0 aliphatic rings. The van der Waals surface area contributed by atoms with E-state index in [1.807, 2.05) is 0 Å². The molecule has 3 aromatic heterocycles. The standard InChI is InChI=1S/C11H9N5O2/c1-16-6-7(5-13-16)10-14-11(18-15-10)9-8(17)3-2-4-12-9/h2-6,17H,1H3. The summed E-state index contributed by atoms with van der Waals surface area (Å²) in [6.45, 7) is 0. The van der Waals surface area contributed by atoms with E-state index in [0.29, 0.717) is 5.82 Å². The Kier molecular flexibility index (Phi) is 2.30. The Balaban J connectivity index is 2.02. The van der Waals surface area contributed by atoms with Crippen molar-refractivity contribution in [3.05, 3.63) is 30.7 Å². The minimum Gasteiger partial charge on any atom is -0.505 e. The van der Waals surface area contributed by atoms with Crippen molar-refractivity contribution in [1.29, 1.82) is 0 Å². The quantitative estimate of drug-likeness (QED) is 0.728. The van der Waals surface area contributed by atoms with E-state index in [2.05, 4.69) is 20.2 Å². The third-order valence-corrected chi connectivity index (χ3v) is 2.38. The van der Waals surface area contributed by atoms with Crippen molar-refractivity contribution in [3.63, 3.8) is 0 Å². The summed E-state index contributed by atoms with van der Waals surface area (Å²) in [5.41, 5.74) is 1.00. The lowest BCUT2D eigenvalue weighted by Gasteiger charge is -1.95. The largest absolute Gasteiger partial charge is 0.505 e. The van der Waals surface area contributed by atoms with Gasteiger partial charge in [0.2, 0.25) is 5.82 Å². The first-order valence-electron chi connectivity index (χ1n) is 5.21. The molecule has 3 heterocycles. The fourth-order valence-electron chi connectivity index (χ4n) is 1.54. The van der Waals surface area contributed by atoms with E-state index in [4.69, 9.17) is 4.52 Å². The van der Waals surface area contributed by atoms with Gasteiger partial charge < -0.3 is 9.63 Å². The fraction of sp³-hybridized carbons (Fsp3) is 0.0909. The molecule has 3 aromatic rings. The molecule has 0 unspecified atom stereocenters. The van der Waals surface area contributed by atoms with Crippen LogP contribution in [-0.2, 0) is 7.05 Å². The molecule has 0 atom stereocenters. The molecule has 3 rings (SSSR count). The van der Waals surface area contributed by atoms with Crippen molar-refractivity contribution in [1.82, 2.24) is 24.9 Å². The molecule has 0 bridgehead atoms. The molecular formula is C11H9N5O2. The lowest BCUT2D eigenvalue weighted by atomic mass is 10.3. The molecule has 0 spiro atoms. The van der Waals surface area contributed by atoms with Gasteiger partial charge in [-0.25, -0.2) is 4.98 Å². The average molecular weight is 243 g/mol. The number of aryl methyl sites for hydroxylation is 1. The monoisotopic (exact) mass is 243 g/mol. The zero-order chi connectivity index (χ0) is 12.5. The van der Waals surface area contributed by atoms with Crippen LogP contribution in [0.25, 0.3) is 23.0 Å². The fourth-order valence-corrected chi connectivity index (χ4v) is 1.54. The van der Waals surface area contributed by atoms with Crippen molar-refractivity contribution in [3.8, 4) is 28.7 Å². The van der Waals surface area contributed by atoms with Gasteiger partial charge in [0, 0.05) is 19.4 Å². The van der Waals surface area contributed by atoms with Crippen LogP contribution in [0.1, 0.15) is 0 Å². The van der Waals surface area contributed by atoms with Crippen LogP contribution in [0.15, 0.2) is 35.2 Å². The van der Waals surface area contributed by atoms with Crippen molar-refractivity contribution >= 4 is 0 Å². The summed E-state index contributed by atoms with van der Waals surface area (Å²) in [4.78, 5) is 8.16. The predicted octanol–water partition coefficient (Wildman–Crippen LogP) is 1.24. The Morgan fingerprint density at radius 1 is 1.39 bits per heavy atom. The van der Waals surface area contributed by atoms with E-state index < -0.39 is 0 Å². The highest BCUT2D eigenvalue weighted by atomic mass is 16.5. The van der Waals surface area contributed by atoms with Crippen molar-refractivity contribution in [2.75, 3.05) is 0 Å². The summed E-state index contributed by atoms with van der Waals surface area (Å²) >= 11 is 0. The van der Waals surface area contributed by atoms with E-state index in [1.54, 1.807) is 36.4 Å². The van der Waals surface area contributed by atoms with Crippen LogP contribution in [0, 0.1) is 0 Å². The number of hydrogen-bond acceptors (Lipinski definition) is 6. The van der Waals surface area contributed by atoms with Gasteiger partial charge in [-0.2, -0.15) is 10.1 Å². The molecule has 90 valence electrons. The van der Waals surface area contributed by atoms with E-state index in [9.17, 15) is 5.11 Å². The van der Waals surface area contributed by atoms with Crippen LogP contribution >= 0.6 is 0 Å². The molecule has 0 fully saturated rings. The van der Waals surface area contributed by atoms with Crippen molar-refractivity contribution in [2.24, 2.45) is 7.05 Å². The van der Waals surface area contributed by atoms with E-state index in [-0.39, 0.29) is 17.3 Å². The van der Waals surface area contributed by atoms with Gasteiger partial charge in [-0.05, 0) is 12.1 Å². The van der Waals surface area contributed by atoms with Crippen LogP contribution in [-0.4, -0.2) is 30.0 Å². The minimum absolute atomic E-state index is 0.00103. The molecule has 0 aliphatic carbocycles. The van der Waals surface area contributed by atoms with E-state index in [1.165, 1.54) is 6.07 Å². The second-order valence-electron chi connectivity index (χ2n) is 3.70. The van der Waals surface area contributed by atoms with Gasteiger partial charge in [0.1, 0.15) is 5.75 Å². The molecule has 0 saturated heterocycles. The molecule has 0 amide bonds. The number of hydrogen-bond donors (Lipinski definition) is 1. The van der Waals surface area contributed by atoms with E-state index in [0.717, 1.165) is 5.56 Å². The summed E-state index contributed by atoms with van der Waals surface area (Å²) in [5.74, 6) is 0.578. The third-order valence-electron chi connectivity index (χ3n) is 2.38. The first-order valence-corrected chi connectivity index (χ1v) is 5.21. The highest BCUT2D eigenvalue weighted by Gasteiger charge is 2.15. The van der Waals surface area contributed by atoms with Gasteiger partial charge >= 0.3 is 0 Å². The molecule has 1 N–H and O–H groups in total. The van der Waals surface area contributed by atoms with Gasteiger partial charge in [0.05, 0.1) is 11.8 Å². The summed E-state index contributed by atoms with van der Waals surface area (Å²) in [6.07, 6.45) is 4.95. The SMILES string of the molecule is Cn1cc(-c2noc(-c3ncccc3O)n2)cn1. The molecule has 0 aliphatic heterocycles. The van der Waals surface area contributed by atoms with Crippen LogP contribution in [0.3, 0.4) is 0 Å². The maximum absolute atomic E-state index is 9.64. The molecule has 0 saturated carbocycles. The third kappa shape index (κ3) is 1.71. The Labute approximate surface area is 102 Å². The Bertz CT molecular complexity index is 688. The minimum atomic E-state index is -0.00103. The topological polar surface area (TPSA) is 89.9 Å². The maximum atomic E-state index is 9.64. The second kappa shape index (κ2) is 3.95. The zero-order valence-electron chi connectivity index (χ0n) is 9.48. The molecular weight excluding hydrogens is 234 g/mol. The first kappa shape index (κ1) is 10.5. The molecule has 7 nitrogen and oxygen atoms in total. The summed E-state index contributed by atoms with van der Waals surface area (Å²) in [7, 11) is 1.80. The average Bonchev–Trinajstić information content (AvgIpc) is 2.98. The summed E-state index contributed by atoms with van der Waals surface area (Å²) < 4.78 is 6.72. The number of aromatic hydroxyl groups is 1. The van der Waals surface area contributed by atoms with Gasteiger partial charge in [0.15, 0.2) is 5.69 Å². The molecule has 0 aromatic carbocycles.